The summed E-state index contributed by atoms with van der Waals surface area (Å²) in [6, 6.07) is -0.156. The van der Waals surface area contributed by atoms with Crippen molar-refractivity contribution in [2.45, 2.75) is 26.3 Å². The van der Waals surface area contributed by atoms with E-state index >= 15 is 0 Å². The van der Waals surface area contributed by atoms with Crippen LogP contribution in [0.25, 0.3) is 0 Å². The standard InChI is InChI=1S/C10H20N2O3S.ClH/c1-3-12(10(13)8(2)6-11)9-4-5-16(14,15)7-9;/h8-9H,3-7,11H2,1-2H3;1H. The lowest BCUT2D eigenvalue weighted by atomic mass is 10.1. The summed E-state index contributed by atoms with van der Waals surface area (Å²) >= 11 is 0. The molecule has 1 rings (SSSR count). The maximum atomic E-state index is 12.0. The summed E-state index contributed by atoms with van der Waals surface area (Å²) in [6.07, 6.45) is 0.555. The van der Waals surface area contributed by atoms with Gasteiger partial charge in [-0.2, -0.15) is 0 Å². The normalized spacial score (nSPS) is 23.8. The summed E-state index contributed by atoms with van der Waals surface area (Å²) < 4.78 is 22.7. The van der Waals surface area contributed by atoms with Gasteiger partial charge in [0.1, 0.15) is 0 Å². The Morgan fingerprint density at radius 3 is 2.47 bits per heavy atom. The summed E-state index contributed by atoms with van der Waals surface area (Å²) in [4.78, 5) is 13.6. The molecule has 0 aromatic carbocycles. The molecule has 17 heavy (non-hydrogen) atoms. The maximum Gasteiger partial charge on any atom is 0.226 e. The lowest BCUT2D eigenvalue weighted by Crippen LogP contribution is -2.45. The van der Waals surface area contributed by atoms with Crippen LogP contribution >= 0.6 is 12.4 Å². The molecule has 1 amide bonds. The molecule has 0 saturated carbocycles. The average molecular weight is 285 g/mol. The fourth-order valence-corrected chi connectivity index (χ4v) is 3.73. The van der Waals surface area contributed by atoms with Crippen molar-refractivity contribution >= 4 is 28.2 Å². The summed E-state index contributed by atoms with van der Waals surface area (Å²) in [5, 5.41) is 0. The van der Waals surface area contributed by atoms with E-state index < -0.39 is 9.84 Å². The van der Waals surface area contributed by atoms with Crippen LogP contribution in [0.4, 0.5) is 0 Å². The van der Waals surface area contributed by atoms with Gasteiger partial charge in [-0.15, -0.1) is 12.4 Å². The molecule has 0 aromatic heterocycles. The van der Waals surface area contributed by atoms with E-state index in [2.05, 4.69) is 0 Å². The van der Waals surface area contributed by atoms with Gasteiger partial charge in [-0.25, -0.2) is 8.42 Å². The second kappa shape index (κ2) is 6.56. The first kappa shape index (κ1) is 16.7. The van der Waals surface area contributed by atoms with E-state index in [4.69, 9.17) is 5.73 Å². The second-order valence-corrected chi connectivity index (χ2v) is 6.55. The summed E-state index contributed by atoms with van der Waals surface area (Å²) in [5.74, 6) is 0.0258. The van der Waals surface area contributed by atoms with Crippen molar-refractivity contribution in [1.82, 2.24) is 4.90 Å². The molecule has 5 nitrogen and oxygen atoms in total. The molecule has 1 aliphatic heterocycles. The van der Waals surface area contributed by atoms with E-state index in [1.165, 1.54) is 0 Å². The van der Waals surface area contributed by atoms with Gasteiger partial charge < -0.3 is 10.6 Å². The van der Waals surface area contributed by atoms with Gasteiger partial charge in [0.2, 0.25) is 5.91 Å². The fourth-order valence-electron chi connectivity index (χ4n) is 2.00. The highest BCUT2D eigenvalue weighted by molar-refractivity contribution is 7.91. The zero-order valence-electron chi connectivity index (χ0n) is 10.3. The summed E-state index contributed by atoms with van der Waals surface area (Å²) in [7, 11) is -2.94. The Balaban J connectivity index is 0.00000256. The number of hydrogen-bond donors (Lipinski definition) is 1. The predicted octanol–water partition coefficient (Wildman–Crippen LogP) is 0.0386. The number of sulfone groups is 1. The van der Waals surface area contributed by atoms with Crippen LogP contribution in [0.3, 0.4) is 0 Å². The highest BCUT2D eigenvalue weighted by Crippen LogP contribution is 2.19. The minimum Gasteiger partial charge on any atom is -0.339 e. The molecule has 0 aliphatic carbocycles. The van der Waals surface area contributed by atoms with Gasteiger partial charge in [0.25, 0.3) is 0 Å². The highest BCUT2D eigenvalue weighted by atomic mass is 35.5. The van der Waals surface area contributed by atoms with Crippen molar-refractivity contribution in [3.05, 3.63) is 0 Å². The van der Waals surface area contributed by atoms with Crippen LogP contribution in [0, 0.1) is 5.92 Å². The first-order valence-electron chi connectivity index (χ1n) is 5.62. The molecule has 1 saturated heterocycles. The molecular formula is C10H21ClN2O3S. The number of hydrogen-bond acceptors (Lipinski definition) is 4. The van der Waals surface area contributed by atoms with E-state index in [1.54, 1.807) is 11.8 Å². The molecule has 0 radical (unpaired) electrons. The SMILES string of the molecule is CCN(C(=O)C(C)CN)C1CCS(=O)(=O)C1.Cl. The zero-order chi connectivity index (χ0) is 12.3. The fraction of sp³-hybridized carbons (Fsp3) is 0.900. The molecule has 0 spiro atoms. The minimum atomic E-state index is -2.94. The van der Waals surface area contributed by atoms with Crippen LogP contribution in [-0.2, 0) is 14.6 Å². The first-order valence-corrected chi connectivity index (χ1v) is 7.44. The maximum absolute atomic E-state index is 12.0. The number of nitrogens with zero attached hydrogens (tertiary/aromatic N) is 1. The van der Waals surface area contributed by atoms with Crippen LogP contribution in [0.2, 0.25) is 0 Å². The van der Waals surface area contributed by atoms with E-state index in [1.807, 2.05) is 6.92 Å². The van der Waals surface area contributed by atoms with Crippen molar-refractivity contribution in [2.24, 2.45) is 11.7 Å². The van der Waals surface area contributed by atoms with Crippen LogP contribution in [0.1, 0.15) is 20.3 Å². The number of amides is 1. The average Bonchev–Trinajstić information content (AvgIpc) is 2.58. The lowest BCUT2D eigenvalue weighted by molar-refractivity contribution is -0.136. The largest absolute Gasteiger partial charge is 0.339 e. The monoisotopic (exact) mass is 284 g/mol. The minimum absolute atomic E-state index is 0. The van der Waals surface area contributed by atoms with E-state index in [9.17, 15) is 13.2 Å². The van der Waals surface area contributed by atoms with Gasteiger partial charge in [-0.3, -0.25) is 4.79 Å². The molecule has 1 heterocycles. The van der Waals surface area contributed by atoms with Gasteiger partial charge in [-0.1, -0.05) is 6.92 Å². The molecule has 2 N–H and O–H groups in total. The Labute approximate surface area is 109 Å². The smallest absolute Gasteiger partial charge is 0.226 e. The summed E-state index contributed by atoms with van der Waals surface area (Å²) in [5.41, 5.74) is 5.45. The highest BCUT2D eigenvalue weighted by Gasteiger charge is 2.34. The van der Waals surface area contributed by atoms with Gasteiger partial charge in [0.05, 0.1) is 11.5 Å². The molecule has 2 unspecified atom stereocenters. The molecule has 1 aliphatic rings. The van der Waals surface area contributed by atoms with E-state index in [0.717, 1.165) is 0 Å². The van der Waals surface area contributed by atoms with Gasteiger partial charge in [0.15, 0.2) is 9.84 Å². The molecule has 0 aromatic rings. The molecular weight excluding hydrogens is 264 g/mol. The third-order valence-corrected chi connectivity index (χ3v) is 4.80. The van der Waals surface area contributed by atoms with E-state index in [-0.39, 0.29) is 41.8 Å². The summed E-state index contributed by atoms with van der Waals surface area (Å²) in [6.45, 7) is 4.48. The van der Waals surface area contributed by atoms with E-state index in [0.29, 0.717) is 19.5 Å². The van der Waals surface area contributed by atoms with Crippen molar-refractivity contribution in [1.29, 1.82) is 0 Å². The number of carbonyl (C=O) groups is 1. The van der Waals surface area contributed by atoms with Crippen LogP contribution in [0.15, 0.2) is 0 Å². The Kier molecular flexibility index (Phi) is 6.43. The quantitative estimate of drug-likeness (QED) is 0.790. The second-order valence-electron chi connectivity index (χ2n) is 4.32. The molecule has 7 heteroatoms. The molecule has 0 bridgehead atoms. The van der Waals surface area contributed by atoms with Crippen LogP contribution in [0.5, 0.6) is 0 Å². The first-order chi connectivity index (χ1) is 7.41. The number of rotatable bonds is 4. The molecule has 1 fully saturated rings. The van der Waals surface area contributed by atoms with Crippen molar-refractivity contribution in [3.63, 3.8) is 0 Å². The van der Waals surface area contributed by atoms with Crippen molar-refractivity contribution < 1.29 is 13.2 Å². The Morgan fingerprint density at radius 1 is 1.53 bits per heavy atom. The number of halogens is 1. The van der Waals surface area contributed by atoms with Crippen molar-refractivity contribution in [2.75, 3.05) is 24.6 Å². The Hall–Kier alpha value is -0.330. The van der Waals surface area contributed by atoms with Crippen LogP contribution in [-0.4, -0.2) is 49.9 Å². The zero-order valence-corrected chi connectivity index (χ0v) is 11.9. The van der Waals surface area contributed by atoms with Crippen LogP contribution < -0.4 is 5.73 Å². The topological polar surface area (TPSA) is 80.5 Å². The number of carbonyl (C=O) groups excluding carboxylic acids is 1. The third kappa shape index (κ3) is 4.12. The number of nitrogens with two attached hydrogens (primary N) is 1. The Morgan fingerprint density at radius 2 is 2.12 bits per heavy atom. The lowest BCUT2D eigenvalue weighted by Gasteiger charge is -2.29. The van der Waals surface area contributed by atoms with Gasteiger partial charge in [-0.05, 0) is 13.3 Å². The predicted molar refractivity (Wildman–Crippen MR) is 69.9 cm³/mol. The molecule has 2 atom stereocenters. The van der Waals surface area contributed by atoms with Gasteiger partial charge >= 0.3 is 0 Å². The van der Waals surface area contributed by atoms with Crippen molar-refractivity contribution in [3.8, 4) is 0 Å². The van der Waals surface area contributed by atoms with Gasteiger partial charge in [0, 0.05) is 25.0 Å². The third-order valence-electron chi connectivity index (χ3n) is 3.05. The Bertz CT molecular complexity index is 359. The molecule has 102 valence electrons.